The monoisotopic (exact) mass is 328 g/mol. The summed E-state index contributed by atoms with van der Waals surface area (Å²) in [6.07, 6.45) is 0.811. The number of benzene rings is 1. The molecule has 0 radical (unpaired) electrons. The Hall–Kier alpha value is -0.740. The summed E-state index contributed by atoms with van der Waals surface area (Å²) in [5.74, 6) is 0. The highest BCUT2D eigenvalue weighted by Gasteiger charge is 2.14. The van der Waals surface area contributed by atoms with Crippen LogP contribution in [-0.2, 0) is 13.0 Å². The predicted octanol–water partition coefficient (Wildman–Crippen LogP) is 4.58. The summed E-state index contributed by atoms with van der Waals surface area (Å²) in [5, 5.41) is 0.758. The van der Waals surface area contributed by atoms with E-state index in [1.54, 1.807) is 11.3 Å². The van der Waals surface area contributed by atoms with Crippen LogP contribution in [0.1, 0.15) is 17.4 Å². The molecule has 1 atom stereocenters. The SMILES string of the molecule is CC(N)Cc1cccc(Cl)c1N(C)Cc1ccc(Cl)s1. The van der Waals surface area contributed by atoms with Crippen molar-refractivity contribution >= 4 is 40.2 Å². The fourth-order valence-electron chi connectivity index (χ4n) is 2.25. The molecule has 0 aliphatic carbocycles. The normalized spacial score (nSPS) is 12.4. The largest absolute Gasteiger partial charge is 0.368 e. The fraction of sp³-hybridized carbons (Fsp3) is 0.333. The quantitative estimate of drug-likeness (QED) is 0.870. The van der Waals surface area contributed by atoms with E-state index in [-0.39, 0.29) is 6.04 Å². The van der Waals surface area contributed by atoms with E-state index in [1.807, 2.05) is 38.2 Å². The molecule has 1 aromatic heterocycles. The van der Waals surface area contributed by atoms with Crippen molar-refractivity contribution in [1.82, 2.24) is 0 Å². The zero-order valence-corrected chi connectivity index (χ0v) is 13.9. The molecule has 2 aromatic rings. The zero-order chi connectivity index (χ0) is 14.7. The van der Waals surface area contributed by atoms with Crippen LogP contribution in [0.4, 0.5) is 5.69 Å². The molecule has 20 heavy (non-hydrogen) atoms. The molecular weight excluding hydrogens is 311 g/mol. The minimum absolute atomic E-state index is 0.108. The third-order valence-corrected chi connectivity index (χ3v) is 4.54. The average Bonchev–Trinajstić information content (AvgIpc) is 2.73. The van der Waals surface area contributed by atoms with Gasteiger partial charge in [-0.15, -0.1) is 11.3 Å². The van der Waals surface area contributed by atoms with Gasteiger partial charge in [0.1, 0.15) is 0 Å². The second-order valence-electron chi connectivity index (χ2n) is 4.99. The van der Waals surface area contributed by atoms with E-state index in [1.165, 1.54) is 10.4 Å². The van der Waals surface area contributed by atoms with E-state index in [4.69, 9.17) is 28.9 Å². The Labute approximate surface area is 134 Å². The molecule has 0 aliphatic heterocycles. The second-order valence-corrected chi connectivity index (χ2v) is 7.20. The molecule has 1 aromatic carbocycles. The Morgan fingerprint density at radius 1 is 1.25 bits per heavy atom. The Morgan fingerprint density at radius 3 is 2.60 bits per heavy atom. The molecule has 0 bridgehead atoms. The molecule has 5 heteroatoms. The Morgan fingerprint density at radius 2 is 2.00 bits per heavy atom. The van der Waals surface area contributed by atoms with Crippen molar-refractivity contribution in [3.8, 4) is 0 Å². The van der Waals surface area contributed by atoms with Gasteiger partial charge >= 0.3 is 0 Å². The summed E-state index contributed by atoms with van der Waals surface area (Å²) < 4.78 is 0.809. The number of nitrogens with zero attached hydrogens (tertiary/aromatic N) is 1. The number of para-hydroxylation sites is 1. The highest BCUT2D eigenvalue weighted by atomic mass is 35.5. The van der Waals surface area contributed by atoms with Gasteiger partial charge in [-0.05, 0) is 37.1 Å². The molecule has 2 rings (SSSR count). The number of hydrogen-bond donors (Lipinski definition) is 1. The summed E-state index contributed by atoms with van der Waals surface area (Å²) >= 11 is 13.9. The van der Waals surface area contributed by atoms with Crippen LogP contribution < -0.4 is 10.6 Å². The van der Waals surface area contributed by atoms with E-state index in [2.05, 4.69) is 11.0 Å². The van der Waals surface area contributed by atoms with E-state index in [0.717, 1.165) is 28.0 Å². The van der Waals surface area contributed by atoms with Crippen LogP contribution in [-0.4, -0.2) is 13.1 Å². The molecule has 0 aliphatic rings. The smallest absolute Gasteiger partial charge is 0.0931 e. The molecule has 0 amide bonds. The molecule has 0 saturated heterocycles. The molecule has 2 nitrogen and oxygen atoms in total. The first-order valence-corrected chi connectivity index (χ1v) is 8.03. The van der Waals surface area contributed by atoms with E-state index >= 15 is 0 Å². The maximum absolute atomic E-state index is 6.37. The summed E-state index contributed by atoms with van der Waals surface area (Å²) in [6.45, 7) is 2.79. The predicted molar refractivity (Wildman–Crippen MR) is 90.2 cm³/mol. The molecule has 0 fully saturated rings. The van der Waals surface area contributed by atoms with Gasteiger partial charge in [0.25, 0.3) is 0 Å². The summed E-state index contributed by atoms with van der Waals surface area (Å²) in [6, 6.07) is 10.1. The molecular formula is C15H18Cl2N2S. The van der Waals surface area contributed by atoms with Crippen molar-refractivity contribution in [1.29, 1.82) is 0 Å². The van der Waals surface area contributed by atoms with Gasteiger partial charge < -0.3 is 10.6 Å². The summed E-state index contributed by atoms with van der Waals surface area (Å²) in [4.78, 5) is 3.37. The van der Waals surface area contributed by atoms with Gasteiger partial charge in [-0.2, -0.15) is 0 Å². The highest BCUT2D eigenvalue weighted by molar-refractivity contribution is 7.16. The number of thiophene rings is 1. The van der Waals surface area contributed by atoms with Crippen molar-refractivity contribution < 1.29 is 0 Å². The Balaban J connectivity index is 2.25. The minimum atomic E-state index is 0.108. The third-order valence-electron chi connectivity index (χ3n) is 3.02. The Bertz CT molecular complexity index is 581. The van der Waals surface area contributed by atoms with Crippen LogP contribution in [0, 0.1) is 0 Å². The van der Waals surface area contributed by atoms with Crippen LogP contribution >= 0.6 is 34.5 Å². The number of anilines is 1. The van der Waals surface area contributed by atoms with Gasteiger partial charge in [0, 0.05) is 18.0 Å². The lowest BCUT2D eigenvalue weighted by molar-refractivity contribution is 0.734. The summed E-state index contributed by atoms with van der Waals surface area (Å²) in [7, 11) is 2.04. The van der Waals surface area contributed by atoms with Crippen LogP contribution in [0.3, 0.4) is 0 Å². The molecule has 0 spiro atoms. The van der Waals surface area contributed by atoms with Crippen LogP contribution in [0.25, 0.3) is 0 Å². The van der Waals surface area contributed by atoms with Gasteiger partial charge in [0.05, 0.1) is 21.6 Å². The van der Waals surface area contributed by atoms with Crippen molar-refractivity contribution in [2.75, 3.05) is 11.9 Å². The maximum Gasteiger partial charge on any atom is 0.0931 e. The number of nitrogens with two attached hydrogens (primary N) is 1. The maximum atomic E-state index is 6.37. The molecule has 2 N–H and O–H groups in total. The number of halogens is 2. The van der Waals surface area contributed by atoms with Crippen molar-refractivity contribution in [3.05, 3.63) is 50.1 Å². The lowest BCUT2D eigenvalue weighted by atomic mass is 10.0. The zero-order valence-electron chi connectivity index (χ0n) is 11.6. The molecule has 1 unspecified atom stereocenters. The van der Waals surface area contributed by atoms with E-state index < -0.39 is 0 Å². The fourth-order valence-corrected chi connectivity index (χ4v) is 3.73. The molecule has 0 saturated carbocycles. The van der Waals surface area contributed by atoms with Crippen LogP contribution in [0.2, 0.25) is 9.36 Å². The second kappa shape index (κ2) is 6.81. The topological polar surface area (TPSA) is 29.3 Å². The minimum Gasteiger partial charge on any atom is -0.368 e. The van der Waals surface area contributed by atoms with Crippen molar-refractivity contribution in [3.63, 3.8) is 0 Å². The van der Waals surface area contributed by atoms with Gasteiger partial charge in [0.2, 0.25) is 0 Å². The van der Waals surface area contributed by atoms with Crippen LogP contribution in [0.15, 0.2) is 30.3 Å². The van der Waals surface area contributed by atoms with Crippen molar-refractivity contribution in [2.24, 2.45) is 5.73 Å². The Kier molecular flexibility index (Phi) is 5.33. The standard InChI is InChI=1S/C15H18Cl2N2S/c1-10(18)8-11-4-3-5-13(16)15(11)19(2)9-12-6-7-14(17)20-12/h3-7,10H,8-9,18H2,1-2H3. The van der Waals surface area contributed by atoms with Gasteiger partial charge in [0.15, 0.2) is 0 Å². The third kappa shape index (κ3) is 3.89. The highest BCUT2D eigenvalue weighted by Crippen LogP contribution is 2.32. The van der Waals surface area contributed by atoms with Crippen LogP contribution in [0.5, 0.6) is 0 Å². The first-order valence-electron chi connectivity index (χ1n) is 6.45. The average molecular weight is 329 g/mol. The first-order chi connectivity index (χ1) is 9.47. The first kappa shape index (κ1) is 15.6. The van der Waals surface area contributed by atoms with Gasteiger partial charge in [-0.3, -0.25) is 0 Å². The van der Waals surface area contributed by atoms with Crippen molar-refractivity contribution in [2.45, 2.75) is 25.9 Å². The lowest BCUT2D eigenvalue weighted by Crippen LogP contribution is -2.22. The summed E-state index contributed by atoms with van der Waals surface area (Å²) in [5.41, 5.74) is 8.15. The number of hydrogen-bond acceptors (Lipinski definition) is 3. The van der Waals surface area contributed by atoms with E-state index in [9.17, 15) is 0 Å². The van der Waals surface area contributed by atoms with E-state index in [0.29, 0.717) is 0 Å². The molecule has 1 heterocycles. The number of rotatable bonds is 5. The van der Waals surface area contributed by atoms with Gasteiger partial charge in [-0.25, -0.2) is 0 Å². The lowest BCUT2D eigenvalue weighted by Gasteiger charge is -2.24. The van der Waals surface area contributed by atoms with Gasteiger partial charge in [-0.1, -0.05) is 35.3 Å². The molecule has 108 valence electrons.